The molecule has 0 radical (unpaired) electrons. The van der Waals surface area contributed by atoms with Crippen molar-refractivity contribution >= 4 is 11.8 Å². The van der Waals surface area contributed by atoms with Crippen molar-refractivity contribution in [3.8, 4) is 0 Å². The summed E-state index contributed by atoms with van der Waals surface area (Å²) < 4.78 is 5.08. The molecule has 2 amide bonds. The Balaban J connectivity index is 1.77. The standard InChI is InChI=1S/C17H20N2O3/c1-12(2)14-7-5-13(6-8-14)10-18-16(20)17(21)19-11-15-4-3-9-22-15/h3-9,12H,10-11H2,1-2H3,(H,18,20)(H,19,21). The molecule has 1 aromatic heterocycles. The van der Waals surface area contributed by atoms with Gasteiger partial charge in [0.05, 0.1) is 12.8 Å². The molecule has 1 heterocycles. The molecule has 0 atom stereocenters. The van der Waals surface area contributed by atoms with E-state index in [0.29, 0.717) is 18.2 Å². The van der Waals surface area contributed by atoms with E-state index in [4.69, 9.17) is 4.42 Å². The molecular weight excluding hydrogens is 280 g/mol. The summed E-state index contributed by atoms with van der Waals surface area (Å²) in [4.78, 5) is 23.3. The van der Waals surface area contributed by atoms with E-state index in [9.17, 15) is 9.59 Å². The maximum absolute atomic E-state index is 11.7. The van der Waals surface area contributed by atoms with Gasteiger partial charge in [0.1, 0.15) is 5.76 Å². The van der Waals surface area contributed by atoms with Crippen LogP contribution in [0.15, 0.2) is 47.1 Å². The molecule has 0 saturated carbocycles. The Morgan fingerprint density at radius 3 is 2.18 bits per heavy atom. The lowest BCUT2D eigenvalue weighted by Gasteiger charge is -2.08. The van der Waals surface area contributed by atoms with Crippen molar-refractivity contribution in [3.63, 3.8) is 0 Å². The third-order valence-corrected chi connectivity index (χ3v) is 3.31. The van der Waals surface area contributed by atoms with Crippen LogP contribution in [0.4, 0.5) is 0 Å². The van der Waals surface area contributed by atoms with Crippen LogP contribution in [0.2, 0.25) is 0 Å². The molecule has 0 fully saturated rings. The van der Waals surface area contributed by atoms with Crippen LogP contribution in [0.25, 0.3) is 0 Å². The average molecular weight is 300 g/mol. The molecule has 22 heavy (non-hydrogen) atoms. The van der Waals surface area contributed by atoms with Crippen LogP contribution in [-0.4, -0.2) is 11.8 Å². The van der Waals surface area contributed by atoms with Gasteiger partial charge in [0.2, 0.25) is 0 Å². The average Bonchev–Trinajstić information content (AvgIpc) is 3.04. The highest BCUT2D eigenvalue weighted by Crippen LogP contribution is 2.14. The summed E-state index contributed by atoms with van der Waals surface area (Å²) in [7, 11) is 0. The zero-order valence-electron chi connectivity index (χ0n) is 12.8. The van der Waals surface area contributed by atoms with Crippen molar-refractivity contribution in [3.05, 3.63) is 59.5 Å². The van der Waals surface area contributed by atoms with E-state index in [0.717, 1.165) is 5.56 Å². The summed E-state index contributed by atoms with van der Waals surface area (Å²) >= 11 is 0. The first-order chi connectivity index (χ1) is 10.6. The van der Waals surface area contributed by atoms with Gasteiger partial charge in [-0.15, -0.1) is 0 Å². The highest BCUT2D eigenvalue weighted by atomic mass is 16.3. The first-order valence-corrected chi connectivity index (χ1v) is 7.23. The number of carbonyl (C=O) groups excluding carboxylic acids is 2. The minimum absolute atomic E-state index is 0.197. The fourth-order valence-corrected chi connectivity index (χ4v) is 1.94. The normalized spacial score (nSPS) is 10.5. The molecule has 2 N–H and O–H groups in total. The van der Waals surface area contributed by atoms with Crippen LogP contribution in [0.5, 0.6) is 0 Å². The van der Waals surface area contributed by atoms with Crippen molar-refractivity contribution in [2.45, 2.75) is 32.9 Å². The molecule has 0 saturated heterocycles. The second kappa shape index (κ2) is 7.45. The molecule has 1 aromatic carbocycles. The largest absolute Gasteiger partial charge is 0.467 e. The van der Waals surface area contributed by atoms with Gasteiger partial charge in [0.15, 0.2) is 0 Å². The molecule has 0 aliphatic heterocycles. The van der Waals surface area contributed by atoms with E-state index < -0.39 is 11.8 Å². The molecule has 0 aliphatic carbocycles. The molecule has 5 nitrogen and oxygen atoms in total. The van der Waals surface area contributed by atoms with Crippen molar-refractivity contribution in [1.29, 1.82) is 0 Å². The maximum Gasteiger partial charge on any atom is 0.309 e. The number of carbonyl (C=O) groups is 2. The Hall–Kier alpha value is -2.56. The highest BCUT2D eigenvalue weighted by molar-refractivity contribution is 6.35. The number of benzene rings is 1. The summed E-state index contributed by atoms with van der Waals surface area (Å²) in [5.41, 5.74) is 2.20. The smallest absolute Gasteiger partial charge is 0.309 e. The van der Waals surface area contributed by atoms with Gasteiger partial charge in [-0.25, -0.2) is 0 Å². The number of hydrogen-bond donors (Lipinski definition) is 2. The molecule has 0 spiro atoms. The summed E-state index contributed by atoms with van der Waals surface area (Å²) in [6.45, 7) is 4.77. The summed E-state index contributed by atoms with van der Waals surface area (Å²) in [6.07, 6.45) is 1.52. The van der Waals surface area contributed by atoms with Crippen molar-refractivity contribution in [2.24, 2.45) is 0 Å². The third-order valence-electron chi connectivity index (χ3n) is 3.31. The fourth-order valence-electron chi connectivity index (χ4n) is 1.94. The second-order valence-electron chi connectivity index (χ2n) is 5.34. The molecule has 0 unspecified atom stereocenters. The molecule has 2 rings (SSSR count). The van der Waals surface area contributed by atoms with Crippen LogP contribution < -0.4 is 10.6 Å². The van der Waals surface area contributed by atoms with E-state index in [2.05, 4.69) is 24.5 Å². The van der Waals surface area contributed by atoms with Gasteiger partial charge in [-0.1, -0.05) is 38.1 Å². The van der Waals surface area contributed by atoms with Crippen LogP contribution >= 0.6 is 0 Å². The predicted molar refractivity (Wildman–Crippen MR) is 82.9 cm³/mol. The number of rotatable bonds is 5. The number of amides is 2. The summed E-state index contributed by atoms with van der Waals surface area (Å²) in [5, 5.41) is 5.10. The molecular formula is C17H20N2O3. The minimum atomic E-state index is -0.671. The number of hydrogen-bond acceptors (Lipinski definition) is 3. The van der Waals surface area contributed by atoms with Crippen molar-refractivity contribution < 1.29 is 14.0 Å². The Morgan fingerprint density at radius 1 is 1.00 bits per heavy atom. The Labute approximate surface area is 129 Å². The maximum atomic E-state index is 11.7. The molecule has 0 bridgehead atoms. The third kappa shape index (κ3) is 4.48. The fraction of sp³-hybridized carbons (Fsp3) is 0.294. The van der Waals surface area contributed by atoms with Gasteiger partial charge < -0.3 is 15.1 Å². The molecule has 2 aromatic rings. The van der Waals surface area contributed by atoms with E-state index >= 15 is 0 Å². The number of furan rings is 1. The Bertz CT molecular complexity index is 616. The van der Waals surface area contributed by atoms with Crippen LogP contribution in [-0.2, 0) is 22.7 Å². The first kappa shape index (κ1) is 15.8. The Kier molecular flexibility index (Phi) is 5.36. The van der Waals surface area contributed by atoms with Gasteiger partial charge in [-0.2, -0.15) is 0 Å². The molecule has 0 aliphatic rings. The monoisotopic (exact) mass is 300 g/mol. The summed E-state index contributed by atoms with van der Waals surface area (Å²) in [5.74, 6) is -0.254. The van der Waals surface area contributed by atoms with Crippen LogP contribution in [0.3, 0.4) is 0 Å². The van der Waals surface area contributed by atoms with Crippen LogP contribution in [0.1, 0.15) is 36.7 Å². The minimum Gasteiger partial charge on any atom is -0.467 e. The quantitative estimate of drug-likeness (QED) is 0.833. The van der Waals surface area contributed by atoms with Gasteiger partial charge in [0, 0.05) is 6.54 Å². The lowest BCUT2D eigenvalue weighted by atomic mass is 10.0. The van der Waals surface area contributed by atoms with E-state index in [1.165, 1.54) is 11.8 Å². The number of nitrogens with one attached hydrogen (secondary N) is 2. The SMILES string of the molecule is CC(C)c1ccc(CNC(=O)C(=O)NCc2ccco2)cc1. The first-order valence-electron chi connectivity index (χ1n) is 7.23. The van der Waals surface area contributed by atoms with E-state index in [1.807, 2.05) is 24.3 Å². The van der Waals surface area contributed by atoms with Gasteiger partial charge >= 0.3 is 11.8 Å². The molecule has 5 heteroatoms. The topological polar surface area (TPSA) is 71.3 Å². The lowest BCUT2D eigenvalue weighted by molar-refractivity contribution is -0.139. The van der Waals surface area contributed by atoms with Crippen molar-refractivity contribution in [2.75, 3.05) is 0 Å². The van der Waals surface area contributed by atoms with Crippen molar-refractivity contribution in [1.82, 2.24) is 10.6 Å². The van der Waals surface area contributed by atoms with Gasteiger partial charge in [-0.05, 0) is 29.2 Å². The van der Waals surface area contributed by atoms with E-state index in [-0.39, 0.29) is 6.54 Å². The lowest BCUT2D eigenvalue weighted by Crippen LogP contribution is -2.39. The second-order valence-corrected chi connectivity index (χ2v) is 5.34. The van der Waals surface area contributed by atoms with E-state index in [1.54, 1.807) is 12.1 Å². The zero-order valence-corrected chi connectivity index (χ0v) is 12.8. The zero-order chi connectivity index (χ0) is 15.9. The Morgan fingerprint density at radius 2 is 1.64 bits per heavy atom. The highest BCUT2D eigenvalue weighted by Gasteiger charge is 2.13. The molecule has 116 valence electrons. The van der Waals surface area contributed by atoms with Crippen LogP contribution in [0, 0.1) is 0 Å². The summed E-state index contributed by atoms with van der Waals surface area (Å²) in [6, 6.07) is 11.4. The predicted octanol–water partition coefficient (Wildman–Crippen LogP) is 2.34. The van der Waals surface area contributed by atoms with Gasteiger partial charge in [0.25, 0.3) is 0 Å². The van der Waals surface area contributed by atoms with Gasteiger partial charge in [-0.3, -0.25) is 9.59 Å².